The van der Waals surface area contributed by atoms with Crippen molar-refractivity contribution in [1.82, 2.24) is 4.90 Å². The van der Waals surface area contributed by atoms with Gasteiger partial charge in [0, 0.05) is 13.1 Å². The normalized spacial score (nSPS) is 18.9. The van der Waals surface area contributed by atoms with Crippen LogP contribution in [-0.4, -0.2) is 47.6 Å². The minimum atomic E-state index is -1.29. The maximum Gasteiger partial charge on any atom is 0.342 e. The summed E-state index contributed by atoms with van der Waals surface area (Å²) in [4.78, 5) is 23.7. The number of rotatable bonds is 5. The van der Waals surface area contributed by atoms with E-state index in [1.807, 2.05) is 7.05 Å². The number of nitro groups is 1. The van der Waals surface area contributed by atoms with Crippen LogP contribution < -0.4 is 5.32 Å². The molecule has 0 aliphatic carbocycles. The van der Waals surface area contributed by atoms with Gasteiger partial charge in [0.2, 0.25) is 0 Å². The lowest BCUT2D eigenvalue weighted by molar-refractivity contribution is -0.384. The third kappa shape index (κ3) is 3.05. The Bertz CT molecular complexity index is 532. The summed E-state index contributed by atoms with van der Waals surface area (Å²) in [6, 6.07) is 4.30. The van der Waals surface area contributed by atoms with Gasteiger partial charge in [0.15, 0.2) is 0 Å². The van der Waals surface area contributed by atoms with Gasteiger partial charge in [-0.1, -0.05) is 6.07 Å². The molecule has 0 radical (unpaired) electrons. The maximum absolute atomic E-state index is 11.1. The first-order chi connectivity index (χ1) is 9.49. The van der Waals surface area contributed by atoms with E-state index in [0.29, 0.717) is 12.5 Å². The molecular weight excluding hydrogens is 262 g/mol. The Kier molecular flexibility index (Phi) is 4.19. The Balaban J connectivity index is 2.16. The van der Waals surface area contributed by atoms with Gasteiger partial charge < -0.3 is 15.3 Å². The number of benzene rings is 1. The number of likely N-dealkylation sites (tertiary alicyclic amines) is 1. The van der Waals surface area contributed by atoms with Crippen molar-refractivity contribution in [2.24, 2.45) is 5.92 Å². The van der Waals surface area contributed by atoms with Gasteiger partial charge in [-0.25, -0.2) is 4.79 Å². The zero-order valence-electron chi connectivity index (χ0n) is 11.2. The van der Waals surface area contributed by atoms with Gasteiger partial charge >= 0.3 is 11.7 Å². The van der Waals surface area contributed by atoms with E-state index in [2.05, 4.69) is 10.2 Å². The maximum atomic E-state index is 11.1. The van der Waals surface area contributed by atoms with Crippen molar-refractivity contribution in [2.75, 3.05) is 32.0 Å². The SMILES string of the molecule is CN1CCC(CNc2cccc(C(=O)O)c2[N+](=O)[O-])C1. The highest BCUT2D eigenvalue weighted by molar-refractivity contribution is 5.95. The molecule has 1 aromatic carbocycles. The van der Waals surface area contributed by atoms with E-state index in [0.717, 1.165) is 19.5 Å². The van der Waals surface area contributed by atoms with E-state index in [-0.39, 0.29) is 16.9 Å². The third-order valence-electron chi connectivity index (χ3n) is 3.52. The minimum absolute atomic E-state index is 0.268. The topological polar surface area (TPSA) is 95.7 Å². The predicted octanol–water partition coefficient (Wildman–Crippen LogP) is 1.66. The molecule has 1 unspecified atom stereocenters. The average Bonchev–Trinajstić information content (AvgIpc) is 2.81. The number of carbonyl (C=O) groups is 1. The second-order valence-electron chi connectivity index (χ2n) is 5.06. The molecule has 1 heterocycles. The summed E-state index contributed by atoms with van der Waals surface area (Å²) in [7, 11) is 2.04. The number of carboxylic acids is 1. The van der Waals surface area contributed by atoms with Gasteiger partial charge in [-0.3, -0.25) is 10.1 Å². The number of carboxylic acid groups (broad SMARTS) is 1. The molecule has 108 valence electrons. The average molecular weight is 279 g/mol. The van der Waals surface area contributed by atoms with Crippen LogP contribution in [0.25, 0.3) is 0 Å². The van der Waals surface area contributed by atoms with Crippen LogP contribution in [0.5, 0.6) is 0 Å². The van der Waals surface area contributed by atoms with Crippen molar-refractivity contribution in [3.63, 3.8) is 0 Å². The number of aromatic carboxylic acids is 1. The molecule has 0 spiro atoms. The predicted molar refractivity (Wildman–Crippen MR) is 74.1 cm³/mol. The number of hydrogen-bond donors (Lipinski definition) is 2. The first-order valence-electron chi connectivity index (χ1n) is 6.42. The van der Waals surface area contributed by atoms with Crippen molar-refractivity contribution in [1.29, 1.82) is 0 Å². The Hall–Kier alpha value is -2.15. The van der Waals surface area contributed by atoms with Gasteiger partial charge in [0.1, 0.15) is 11.3 Å². The molecule has 0 amide bonds. The third-order valence-corrected chi connectivity index (χ3v) is 3.52. The van der Waals surface area contributed by atoms with Gasteiger partial charge in [-0.05, 0) is 38.1 Å². The van der Waals surface area contributed by atoms with Gasteiger partial charge in [-0.2, -0.15) is 0 Å². The van der Waals surface area contributed by atoms with Crippen LogP contribution in [0.1, 0.15) is 16.8 Å². The van der Waals surface area contributed by atoms with E-state index in [4.69, 9.17) is 5.11 Å². The molecule has 2 rings (SSSR count). The van der Waals surface area contributed by atoms with E-state index >= 15 is 0 Å². The summed E-state index contributed by atoms with van der Waals surface area (Å²) >= 11 is 0. The highest BCUT2D eigenvalue weighted by atomic mass is 16.6. The molecule has 7 nitrogen and oxygen atoms in total. The number of nitrogens with zero attached hydrogens (tertiary/aromatic N) is 2. The van der Waals surface area contributed by atoms with Gasteiger partial charge in [0.25, 0.3) is 0 Å². The molecule has 1 aliphatic heterocycles. The lowest BCUT2D eigenvalue weighted by atomic mass is 10.1. The van der Waals surface area contributed by atoms with Gasteiger partial charge in [-0.15, -0.1) is 0 Å². The monoisotopic (exact) mass is 279 g/mol. The number of hydrogen-bond acceptors (Lipinski definition) is 5. The molecule has 0 bridgehead atoms. The van der Waals surface area contributed by atoms with Crippen LogP contribution in [0.15, 0.2) is 18.2 Å². The van der Waals surface area contributed by atoms with Crippen molar-refractivity contribution >= 4 is 17.3 Å². The highest BCUT2D eigenvalue weighted by Crippen LogP contribution is 2.29. The molecule has 0 saturated carbocycles. The first-order valence-corrected chi connectivity index (χ1v) is 6.42. The summed E-state index contributed by atoms with van der Waals surface area (Å²) in [6.07, 6.45) is 1.04. The van der Waals surface area contributed by atoms with Crippen LogP contribution in [0.3, 0.4) is 0 Å². The molecule has 2 N–H and O–H groups in total. The highest BCUT2D eigenvalue weighted by Gasteiger charge is 2.25. The summed E-state index contributed by atoms with van der Waals surface area (Å²) in [5.41, 5.74) is -0.389. The zero-order valence-corrected chi connectivity index (χ0v) is 11.2. The summed E-state index contributed by atoms with van der Waals surface area (Å²) in [5.74, 6) is -0.867. The summed E-state index contributed by atoms with van der Waals surface area (Å²) < 4.78 is 0. The first kappa shape index (κ1) is 14.3. The Morgan fingerprint density at radius 1 is 1.60 bits per heavy atom. The van der Waals surface area contributed by atoms with Crippen LogP contribution in [0.2, 0.25) is 0 Å². The Morgan fingerprint density at radius 2 is 2.35 bits per heavy atom. The number of anilines is 1. The van der Waals surface area contributed by atoms with Crippen molar-refractivity contribution in [3.05, 3.63) is 33.9 Å². The fourth-order valence-electron chi connectivity index (χ4n) is 2.50. The van der Waals surface area contributed by atoms with Crippen LogP contribution in [0, 0.1) is 16.0 Å². The Morgan fingerprint density at radius 3 is 2.90 bits per heavy atom. The molecule has 20 heavy (non-hydrogen) atoms. The van der Waals surface area contributed by atoms with E-state index in [1.54, 1.807) is 6.07 Å². The Labute approximate surface area is 116 Å². The second kappa shape index (κ2) is 5.87. The number of nitrogens with one attached hydrogen (secondary N) is 1. The molecule has 1 aliphatic rings. The number of nitro benzene ring substituents is 1. The molecule has 1 saturated heterocycles. The summed E-state index contributed by atoms with van der Waals surface area (Å²) in [6.45, 7) is 2.57. The van der Waals surface area contributed by atoms with Crippen LogP contribution in [-0.2, 0) is 0 Å². The molecule has 1 fully saturated rings. The van der Waals surface area contributed by atoms with E-state index in [1.165, 1.54) is 12.1 Å². The molecular formula is C13H17N3O4. The fourth-order valence-corrected chi connectivity index (χ4v) is 2.50. The largest absolute Gasteiger partial charge is 0.477 e. The quantitative estimate of drug-likeness (QED) is 0.628. The lowest BCUT2D eigenvalue weighted by Crippen LogP contribution is -2.19. The minimum Gasteiger partial charge on any atom is -0.477 e. The molecule has 1 atom stereocenters. The van der Waals surface area contributed by atoms with Crippen molar-refractivity contribution in [2.45, 2.75) is 6.42 Å². The van der Waals surface area contributed by atoms with Crippen molar-refractivity contribution < 1.29 is 14.8 Å². The standard InChI is InChI=1S/C13H17N3O4/c1-15-6-5-9(8-15)7-14-11-4-2-3-10(13(17)18)12(11)16(19)20/h2-4,9,14H,5-8H2,1H3,(H,17,18). The summed E-state index contributed by atoms with van der Waals surface area (Å²) in [5, 5.41) is 23.1. The molecule has 1 aromatic rings. The zero-order chi connectivity index (χ0) is 14.7. The number of para-hydroxylation sites is 1. The fraction of sp³-hybridized carbons (Fsp3) is 0.462. The van der Waals surface area contributed by atoms with Gasteiger partial charge in [0.05, 0.1) is 4.92 Å². The second-order valence-corrected chi connectivity index (χ2v) is 5.06. The van der Waals surface area contributed by atoms with E-state index in [9.17, 15) is 14.9 Å². The van der Waals surface area contributed by atoms with E-state index < -0.39 is 10.9 Å². The van der Waals surface area contributed by atoms with Crippen LogP contribution >= 0.6 is 0 Å². The molecule has 7 heteroatoms. The van der Waals surface area contributed by atoms with Crippen molar-refractivity contribution in [3.8, 4) is 0 Å². The lowest BCUT2D eigenvalue weighted by Gasteiger charge is -2.13. The van der Waals surface area contributed by atoms with Crippen LogP contribution in [0.4, 0.5) is 11.4 Å². The smallest absolute Gasteiger partial charge is 0.342 e. The molecule has 0 aromatic heterocycles.